The molecule has 0 saturated heterocycles. The fraction of sp³-hybridized carbons (Fsp3) is 0.333. The van der Waals surface area contributed by atoms with Gasteiger partial charge in [0, 0.05) is 25.3 Å². The zero-order chi connectivity index (χ0) is 38.1. The van der Waals surface area contributed by atoms with Crippen molar-refractivity contribution in [3.63, 3.8) is 0 Å². The third-order valence-electron chi connectivity index (χ3n) is 10.3. The van der Waals surface area contributed by atoms with Crippen LogP contribution in [-0.4, -0.2) is 64.6 Å². The van der Waals surface area contributed by atoms with E-state index in [4.69, 9.17) is 18.9 Å². The zero-order valence-electron chi connectivity index (χ0n) is 27.8. The van der Waals surface area contributed by atoms with E-state index in [0.717, 1.165) is 38.2 Å². The van der Waals surface area contributed by atoms with Gasteiger partial charge >= 0.3 is 35.7 Å². The van der Waals surface area contributed by atoms with E-state index in [9.17, 15) is 19.2 Å². The summed E-state index contributed by atoms with van der Waals surface area (Å²) >= 11 is 0. The Balaban J connectivity index is 1.44. The van der Waals surface area contributed by atoms with Gasteiger partial charge in [0.05, 0.1) is 5.69 Å². The maximum atomic E-state index is 15.0. The monoisotopic (exact) mass is 745 g/mol. The first kappa shape index (κ1) is 36.0. The van der Waals surface area contributed by atoms with Crippen molar-refractivity contribution in [1.29, 1.82) is 0 Å². The van der Waals surface area contributed by atoms with Gasteiger partial charge in [-0.15, -0.1) is 0 Å². The number of hydrogen-bond acceptors (Lipinski definition) is 8. The van der Waals surface area contributed by atoms with E-state index in [1.807, 2.05) is 0 Å². The number of rotatable bonds is 9. The lowest BCUT2D eigenvalue weighted by atomic mass is 9.61. The van der Waals surface area contributed by atoms with E-state index in [-0.39, 0.29) is 18.5 Å². The van der Waals surface area contributed by atoms with Gasteiger partial charge in [-0.1, -0.05) is 84.9 Å². The van der Waals surface area contributed by atoms with Crippen LogP contribution in [0.1, 0.15) is 30.0 Å². The number of esters is 2. The smallest absolute Gasteiger partial charge is 0.432 e. The Kier molecular flexibility index (Phi) is 8.37. The van der Waals surface area contributed by atoms with Crippen molar-refractivity contribution in [2.75, 3.05) is 14.2 Å². The quantitative estimate of drug-likeness (QED) is 0.136. The summed E-state index contributed by atoms with van der Waals surface area (Å²) in [4.78, 5) is 56.4. The van der Waals surface area contributed by atoms with Gasteiger partial charge in [-0.2, -0.15) is 26.3 Å². The molecule has 1 spiro atoms. The summed E-state index contributed by atoms with van der Waals surface area (Å²) in [6.45, 7) is 0. The van der Waals surface area contributed by atoms with Crippen LogP contribution in [0, 0.1) is 0 Å². The number of aromatic nitrogens is 3. The summed E-state index contributed by atoms with van der Waals surface area (Å²) in [5.41, 5.74) is -12.5. The molecule has 1 fully saturated rings. The molecule has 278 valence electrons. The second-order valence-electron chi connectivity index (χ2n) is 12.7. The third-order valence-corrected chi connectivity index (χ3v) is 10.3. The summed E-state index contributed by atoms with van der Waals surface area (Å²) in [5, 5.41) is 0. The van der Waals surface area contributed by atoms with E-state index < -0.39 is 81.8 Å². The molecule has 1 aromatic heterocycles. The topological polar surface area (TPSA) is 120 Å². The van der Waals surface area contributed by atoms with Crippen LogP contribution in [0.3, 0.4) is 0 Å². The van der Waals surface area contributed by atoms with Gasteiger partial charge in [0.15, 0.2) is 12.2 Å². The number of hydrogen-bond donors (Lipinski definition) is 0. The highest BCUT2D eigenvalue weighted by atomic mass is 19.4. The summed E-state index contributed by atoms with van der Waals surface area (Å²) in [6.07, 6.45) is -13.7. The molecule has 0 unspecified atom stereocenters. The fourth-order valence-electron chi connectivity index (χ4n) is 7.76. The second kappa shape index (κ2) is 12.3. The number of carbonyl (C=O) groups excluding carboxylic acids is 2. The van der Waals surface area contributed by atoms with E-state index in [0.29, 0.717) is 19.8 Å². The lowest BCUT2D eigenvalue weighted by molar-refractivity contribution is -0.291. The molecule has 0 amide bonds. The van der Waals surface area contributed by atoms with E-state index in [2.05, 4.69) is 0 Å². The molecule has 4 aromatic rings. The molecule has 2 aliphatic carbocycles. The number of ether oxygens (including phenoxy) is 4. The van der Waals surface area contributed by atoms with Crippen molar-refractivity contribution >= 4 is 11.9 Å². The standard InChI is InChI=1S/C36H29F6N3O8/c1-50-33(35(37,38)39,21-12-6-3-7-13-21)28(46)52-26-25-20-23-18-19-32(23,45-31(49)43(30(48)44(25)45)24-16-10-5-11-17-24)27(26)53-29(47)34(51-2,36(40,41)42)22-14-8-4-9-15-22/h3-17,20,25-27H,18-19H2,1-2H3/t25-,26-,27+,32+,33+,34+/m0/s1. The normalized spacial score (nSPS) is 24.1. The van der Waals surface area contributed by atoms with Crippen LogP contribution < -0.4 is 11.4 Å². The van der Waals surface area contributed by atoms with Crippen LogP contribution in [0.25, 0.3) is 5.69 Å². The molecule has 1 saturated carbocycles. The minimum absolute atomic E-state index is 0.0924. The highest BCUT2D eigenvalue weighted by Gasteiger charge is 2.71. The van der Waals surface area contributed by atoms with Gasteiger partial charge < -0.3 is 18.9 Å². The van der Waals surface area contributed by atoms with Gasteiger partial charge in [-0.25, -0.2) is 33.1 Å². The Morgan fingerprint density at radius 1 is 0.698 bits per heavy atom. The third kappa shape index (κ3) is 4.82. The van der Waals surface area contributed by atoms with Crippen LogP contribution in [0.5, 0.6) is 0 Å². The van der Waals surface area contributed by atoms with Crippen molar-refractivity contribution in [2.24, 2.45) is 0 Å². The van der Waals surface area contributed by atoms with Crippen molar-refractivity contribution in [3.05, 3.63) is 135 Å². The first-order valence-electron chi connectivity index (χ1n) is 16.1. The maximum Gasteiger partial charge on any atom is 0.432 e. The first-order chi connectivity index (χ1) is 25.1. The number of methoxy groups -OCH3 is 2. The number of nitrogens with zero attached hydrogens (tertiary/aromatic N) is 3. The Morgan fingerprint density at radius 2 is 1.17 bits per heavy atom. The Labute approximate surface area is 295 Å². The Bertz CT molecular complexity index is 2220. The number of carbonyl (C=O) groups is 2. The van der Waals surface area contributed by atoms with E-state index in [1.165, 1.54) is 66.7 Å². The molecule has 6 atom stereocenters. The van der Waals surface area contributed by atoms with Crippen LogP contribution in [0.2, 0.25) is 0 Å². The SMILES string of the molecule is CO[C@@](C(=O)O[C@@H]1[C@@H](OC(=O)[C@](OC)(c2ccccc2)C(F)(F)F)[C@@]23CCC2=C[C@@H]1n1c(=O)n(-c2ccccc2)c(=O)n13)(c1ccccc1)C(F)(F)F. The zero-order valence-corrected chi connectivity index (χ0v) is 27.8. The van der Waals surface area contributed by atoms with Gasteiger partial charge in [0.1, 0.15) is 11.6 Å². The largest absolute Gasteiger partial charge is 0.453 e. The molecular formula is C36H29F6N3O8. The van der Waals surface area contributed by atoms with Crippen LogP contribution >= 0.6 is 0 Å². The molecule has 2 aliphatic heterocycles. The summed E-state index contributed by atoms with van der Waals surface area (Å²) < 4.78 is 114. The molecule has 0 N–H and O–H groups in total. The van der Waals surface area contributed by atoms with Gasteiger partial charge in [-0.3, -0.25) is 0 Å². The van der Waals surface area contributed by atoms with Crippen LogP contribution in [0.4, 0.5) is 26.3 Å². The maximum absolute atomic E-state index is 15.0. The fourth-order valence-corrected chi connectivity index (χ4v) is 7.76. The molecule has 8 rings (SSSR count). The highest BCUT2D eigenvalue weighted by molar-refractivity contribution is 5.84. The lowest BCUT2D eigenvalue weighted by Gasteiger charge is -2.59. The first-order valence-corrected chi connectivity index (χ1v) is 16.1. The number of halogens is 6. The summed E-state index contributed by atoms with van der Waals surface area (Å²) in [5.74, 6) is -4.12. The highest BCUT2D eigenvalue weighted by Crippen LogP contribution is 2.58. The molecule has 3 aromatic carbocycles. The molecule has 3 heterocycles. The molecule has 4 aliphatic rings. The van der Waals surface area contributed by atoms with Crippen LogP contribution in [0.15, 0.2) is 112 Å². The Morgan fingerprint density at radius 3 is 1.60 bits per heavy atom. The minimum Gasteiger partial charge on any atom is -0.453 e. The molecule has 0 radical (unpaired) electrons. The number of fused-ring (bicyclic) bond motifs is 1. The number of benzene rings is 3. The summed E-state index contributed by atoms with van der Waals surface area (Å²) in [7, 11) is 1.24. The molecule has 11 nitrogen and oxygen atoms in total. The molecular weight excluding hydrogens is 716 g/mol. The predicted molar refractivity (Wildman–Crippen MR) is 171 cm³/mol. The van der Waals surface area contributed by atoms with Crippen molar-refractivity contribution < 1.29 is 54.9 Å². The average Bonchev–Trinajstić information content (AvgIpc) is 3.38. The van der Waals surface area contributed by atoms with Crippen molar-refractivity contribution in [2.45, 2.75) is 60.2 Å². The predicted octanol–water partition coefficient (Wildman–Crippen LogP) is 4.82. The Hall–Kier alpha value is -5.42. The lowest BCUT2D eigenvalue weighted by Crippen LogP contribution is -2.72. The van der Waals surface area contributed by atoms with Gasteiger partial charge in [-0.05, 0) is 30.5 Å². The molecule has 53 heavy (non-hydrogen) atoms. The van der Waals surface area contributed by atoms with E-state index >= 15 is 26.3 Å². The van der Waals surface area contributed by atoms with E-state index in [1.54, 1.807) is 6.07 Å². The van der Waals surface area contributed by atoms with Crippen molar-refractivity contribution in [1.82, 2.24) is 13.9 Å². The molecule has 2 bridgehead atoms. The number of para-hydroxylation sites is 1. The molecule has 17 heteroatoms. The minimum atomic E-state index is -5.47. The summed E-state index contributed by atoms with van der Waals surface area (Å²) in [6, 6.07) is 17.4. The second-order valence-corrected chi connectivity index (χ2v) is 12.7. The van der Waals surface area contributed by atoms with Crippen molar-refractivity contribution in [3.8, 4) is 5.69 Å². The van der Waals surface area contributed by atoms with Crippen LogP contribution in [-0.2, 0) is 45.3 Å². The van der Waals surface area contributed by atoms with Gasteiger partial charge in [0.25, 0.3) is 11.2 Å². The average molecular weight is 746 g/mol. The van der Waals surface area contributed by atoms with Gasteiger partial charge in [0.2, 0.25) is 0 Å². The number of alkyl halides is 6.